The molecule has 0 aliphatic rings. The van der Waals surface area contributed by atoms with E-state index >= 15 is 0 Å². The lowest BCUT2D eigenvalue weighted by Gasteiger charge is -2.23. The molecule has 0 spiro atoms. The summed E-state index contributed by atoms with van der Waals surface area (Å²) in [5.41, 5.74) is 2.97. The summed E-state index contributed by atoms with van der Waals surface area (Å²) in [5.74, 6) is 1.17. The van der Waals surface area contributed by atoms with Gasteiger partial charge in [-0.1, -0.05) is 67.5 Å². The van der Waals surface area contributed by atoms with Crippen molar-refractivity contribution < 1.29 is 8.42 Å². The van der Waals surface area contributed by atoms with Crippen LogP contribution in [0, 0.1) is 0 Å². The second-order valence-corrected chi connectivity index (χ2v) is 9.99. The molecular weight excluding hydrogens is 344 g/mol. The minimum atomic E-state index is -3.71. The van der Waals surface area contributed by atoms with Gasteiger partial charge in [-0.15, -0.1) is 0 Å². The van der Waals surface area contributed by atoms with Gasteiger partial charge in [0.15, 0.2) is 0 Å². The molecule has 1 aromatic heterocycles. The number of hydrogen-bond acceptors (Lipinski definition) is 3. The van der Waals surface area contributed by atoms with Gasteiger partial charge < -0.3 is 0 Å². The highest BCUT2D eigenvalue weighted by Crippen LogP contribution is 2.36. The summed E-state index contributed by atoms with van der Waals surface area (Å²) < 4.78 is 28.7. The third-order valence-corrected chi connectivity index (χ3v) is 6.56. The number of rotatable bonds is 6. The average molecular weight is 377 g/mol. The van der Waals surface area contributed by atoms with E-state index < -0.39 is 10.0 Å². The molecule has 2 rings (SSSR count). The van der Waals surface area contributed by atoms with Crippen molar-refractivity contribution in [3.05, 3.63) is 47.0 Å². The highest BCUT2D eigenvalue weighted by atomic mass is 32.2. The van der Waals surface area contributed by atoms with E-state index in [1.165, 1.54) is 9.54 Å². The van der Waals surface area contributed by atoms with Crippen LogP contribution in [0.25, 0.3) is 0 Å². The zero-order chi connectivity index (χ0) is 19.8. The van der Waals surface area contributed by atoms with E-state index in [1.54, 1.807) is 12.4 Å². The topological polar surface area (TPSA) is 52.0 Å². The zero-order valence-electron chi connectivity index (χ0n) is 17.2. The lowest BCUT2D eigenvalue weighted by atomic mass is 9.89. The molecule has 0 unspecified atom stereocenters. The van der Waals surface area contributed by atoms with Crippen LogP contribution in [0.4, 0.5) is 0 Å². The summed E-state index contributed by atoms with van der Waals surface area (Å²) in [4.78, 5) is 4.74. The minimum absolute atomic E-state index is 0.0275. The first-order chi connectivity index (χ1) is 12.0. The Labute approximate surface area is 158 Å². The lowest BCUT2D eigenvalue weighted by Crippen LogP contribution is -2.21. The van der Waals surface area contributed by atoms with Crippen LogP contribution in [-0.4, -0.2) is 17.4 Å². The van der Waals surface area contributed by atoms with Crippen molar-refractivity contribution in [2.24, 2.45) is 0 Å². The Morgan fingerprint density at radius 2 is 1.31 bits per heavy atom. The fourth-order valence-electron chi connectivity index (χ4n) is 3.20. The smallest absolute Gasteiger partial charge is 0.240 e. The van der Waals surface area contributed by atoms with Crippen molar-refractivity contribution in [1.29, 1.82) is 0 Å². The highest BCUT2D eigenvalue weighted by Gasteiger charge is 2.30. The molecule has 4 nitrogen and oxygen atoms in total. The molecule has 1 heterocycles. The Morgan fingerprint density at radius 1 is 0.808 bits per heavy atom. The number of nitrogens with zero attached hydrogens (tertiary/aromatic N) is 2. The van der Waals surface area contributed by atoms with Crippen molar-refractivity contribution >= 4 is 10.0 Å². The van der Waals surface area contributed by atoms with Crippen molar-refractivity contribution in [3.63, 3.8) is 0 Å². The predicted molar refractivity (Wildman–Crippen MR) is 108 cm³/mol. The van der Waals surface area contributed by atoms with Gasteiger partial charge in [0.05, 0.1) is 4.90 Å². The van der Waals surface area contributed by atoms with Gasteiger partial charge in [0.25, 0.3) is 10.0 Å². The molecule has 2 aromatic rings. The van der Waals surface area contributed by atoms with Gasteiger partial charge in [-0.3, -0.25) is 0 Å². The molecule has 0 amide bonds. The third kappa shape index (κ3) is 3.73. The molecule has 144 valence electrons. The van der Waals surface area contributed by atoms with Crippen LogP contribution in [0.15, 0.2) is 29.4 Å². The Bertz CT molecular complexity index is 846. The monoisotopic (exact) mass is 376 g/mol. The quantitative estimate of drug-likeness (QED) is 0.658. The second kappa shape index (κ2) is 7.55. The fourth-order valence-corrected chi connectivity index (χ4v) is 5.30. The summed E-state index contributed by atoms with van der Waals surface area (Å²) in [5, 5.41) is 0. The van der Waals surface area contributed by atoms with Gasteiger partial charge in [0.2, 0.25) is 0 Å². The molecule has 5 heteroatoms. The number of imidazole rings is 1. The Hall–Kier alpha value is -1.62. The van der Waals surface area contributed by atoms with Crippen LogP contribution >= 0.6 is 0 Å². The summed E-state index contributed by atoms with van der Waals surface area (Å²) in [6, 6.07) is 4.14. The van der Waals surface area contributed by atoms with Crippen LogP contribution in [0.2, 0.25) is 0 Å². The number of aromatic nitrogens is 2. The van der Waals surface area contributed by atoms with Crippen molar-refractivity contribution in [2.75, 3.05) is 0 Å². The standard InChI is InChI=1S/C21H32N2O2S/c1-13(2)17-11-18(14(3)4)20(19(12-17)15(5)6)26(24,25)23-10-9-22-21(23)16(7)8/h9-16H,1-8H3. The summed E-state index contributed by atoms with van der Waals surface area (Å²) in [7, 11) is -3.71. The van der Waals surface area contributed by atoms with Crippen LogP contribution in [0.3, 0.4) is 0 Å². The largest absolute Gasteiger partial charge is 0.269 e. The van der Waals surface area contributed by atoms with Crippen LogP contribution in [0.1, 0.15) is 102 Å². The van der Waals surface area contributed by atoms with Gasteiger partial charge in [0.1, 0.15) is 5.82 Å². The van der Waals surface area contributed by atoms with E-state index in [4.69, 9.17) is 0 Å². The normalized spacial score (nSPS) is 12.8. The van der Waals surface area contributed by atoms with Gasteiger partial charge in [-0.2, -0.15) is 0 Å². The molecule has 0 bridgehead atoms. The van der Waals surface area contributed by atoms with Gasteiger partial charge >= 0.3 is 0 Å². The molecule has 0 atom stereocenters. The van der Waals surface area contributed by atoms with E-state index in [0.29, 0.717) is 16.6 Å². The third-order valence-electron chi connectivity index (χ3n) is 4.75. The number of hydrogen-bond donors (Lipinski definition) is 0. The maximum Gasteiger partial charge on any atom is 0.269 e. The first kappa shape index (κ1) is 20.7. The maximum atomic E-state index is 13.7. The van der Waals surface area contributed by atoms with E-state index in [1.807, 2.05) is 13.8 Å². The predicted octanol–water partition coefficient (Wildman–Crippen LogP) is 5.61. The maximum absolute atomic E-state index is 13.7. The highest BCUT2D eigenvalue weighted by molar-refractivity contribution is 7.90. The second-order valence-electron chi connectivity index (χ2n) is 8.23. The van der Waals surface area contributed by atoms with Crippen LogP contribution < -0.4 is 0 Å². The van der Waals surface area contributed by atoms with E-state index in [9.17, 15) is 8.42 Å². The van der Waals surface area contributed by atoms with E-state index in [0.717, 1.165) is 11.1 Å². The van der Waals surface area contributed by atoms with Crippen molar-refractivity contribution in [2.45, 2.75) is 84.0 Å². The Morgan fingerprint density at radius 3 is 1.69 bits per heavy atom. The number of benzene rings is 1. The van der Waals surface area contributed by atoms with Crippen molar-refractivity contribution in [3.8, 4) is 0 Å². The van der Waals surface area contributed by atoms with Gasteiger partial charge in [-0.05, 0) is 34.4 Å². The molecule has 0 saturated heterocycles. The molecule has 0 aliphatic carbocycles. The van der Waals surface area contributed by atoms with Crippen LogP contribution in [0.5, 0.6) is 0 Å². The molecule has 0 radical (unpaired) electrons. The summed E-state index contributed by atoms with van der Waals surface area (Å²) >= 11 is 0. The molecular formula is C21H32N2O2S. The summed E-state index contributed by atoms with van der Waals surface area (Å²) in [6.45, 7) is 16.4. The molecule has 26 heavy (non-hydrogen) atoms. The molecule has 0 aliphatic heterocycles. The molecule has 1 aromatic carbocycles. The zero-order valence-corrected chi connectivity index (χ0v) is 18.1. The van der Waals surface area contributed by atoms with E-state index in [-0.39, 0.29) is 17.8 Å². The minimum Gasteiger partial charge on any atom is -0.240 e. The molecule has 0 saturated carbocycles. The molecule has 0 N–H and O–H groups in total. The first-order valence-electron chi connectivity index (χ1n) is 9.45. The lowest BCUT2D eigenvalue weighted by molar-refractivity contribution is 0.576. The van der Waals surface area contributed by atoms with Gasteiger partial charge in [0, 0.05) is 18.3 Å². The van der Waals surface area contributed by atoms with Crippen molar-refractivity contribution in [1.82, 2.24) is 8.96 Å². The fraction of sp³-hybridized carbons (Fsp3) is 0.571. The molecule has 0 fully saturated rings. The Kier molecular flexibility index (Phi) is 6.01. The van der Waals surface area contributed by atoms with E-state index in [2.05, 4.69) is 58.7 Å². The Balaban J connectivity index is 2.88. The summed E-state index contributed by atoms with van der Waals surface area (Å²) in [6.07, 6.45) is 3.13. The van der Waals surface area contributed by atoms with Gasteiger partial charge in [-0.25, -0.2) is 17.4 Å². The first-order valence-corrected chi connectivity index (χ1v) is 10.9. The average Bonchev–Trinajstić information content (AvgIpc) is 3.03. The van der Waals surface area contributed by atoms with Crippen LogP contribution in [-0.2, 0) is 10.0 Å². The SMILES string of the molecule is CC(C)c1cc(C(C)C)c(S(=O)(=O)n2ccnc2C(C)C)c(C(C)C)c1.